The van der Waals surface area contributed by atoms with Gasteiger partial charge in [-0.15, -0.1) is 0 Å². The summed E-state index contributed by atoms with van der Waals surface area (Å²) >= 11 is -3.96. The van der Waals surface area contributed by atoms with Gasteiger partial charge >= 0.3 is 286 Å². The van der Waals surface area contributed by atoms with Crippen LogP contribution in [0.2, 0.25) is 22.0 Å². The topological polar surface area (TPSA) is 0 Å². The van der Waals surface area contributed by atoms with E-state index in [0.717, 1.165) is 12.8 Å². The zero-order valence-electron chi connectivity index (χ0n) is 28.8. The number of fused-ring (bicyclic) bond motifs is 2. The standard InChI is InChI=1S/2C17H15.C9H12Si.2CH3.Hf/c2*1-2-13-7-3-4-10-15(13)17-12-6-9-14-8-5-11-16(14)17;1-10-8-7-9-5-3-2-4-6-9;;;/h2*3-12H,2H2,1H3;2-6H,7-8H2,1H3;2*1H3;. The fraction of sp³-hybridized carbons (Fsp3) is 0.244. The molecule has 2 atom stereocenters. The maximum atomic E-state index is 2.88. The van der Waals surface area contributed by atoms with Crippen LogP contribution in [0.25, 0.3) is 34.4 Å². The van der Waals surface area contributed by atoms with E-state index in [4.69, 9.17) is 0 Å². The number of aryl methyl sites for hydroxylation is 3. The third-order valence-corrected chi connectivity index (χ3v) is 70.0. The van der Waals surface area contributed by atoms with E-state index in [1.807, 2.05) is 0 Å². The Hall–Kier alpha value is -3.33. The summed E-state index contributed by atoms with van der Waals surface area (Å²) in [4.78, 5) is 0. The molecule has 0 amide bonds. The molecule has 0 N–H and O–H groups in total. The van der Waals surface area contributed by atoms with Crippen LogP contribution < -0.4 is 0 Å². The van der Waals surface area contributed by atoms with Crippen molar-refractivity contribution in [3.8, 4) is 22.3 Å². The van der Waals surface area contributed by atoms with Gasteiger partial charge in [-0.2, -0.15) is 0 Å². The van der Waals surface area contributed by atoms with E-state index < -0.39 is 22.6 Å². The van der Waals surface area contributed by atoms with Gasteiger partial charge in [0.1, 0.15) is 0 Å². The van der Waals surface area contributed by atoms with Crippen molar-refractivity contribution in [3.05, 3.63) is 166 Å². The zero-order valence-corrected chi connectivity index (χ0v) is 33.4. The molecule has 2 aliphatic rings. The van der Waals surface area contributed by atoms with Crippen LogP contribution >= 0.6 is 0 Å². The molecule has 5 aromatic rings. The van der Waals surface area contributed by atoms with Gasteiger partial charge in [-0.3, -0.25) is 0 Å². The molecule has 2 unspecified atom stereocenters. The van der Waals surface area contributed by atoms with Crippen LogP contribution in [0.5, 0.6) is 0 Å². The average Bonchev–Trinajstić information content (AvgIpc) is 3.77. The van der Waals surface area contributed by atoms with Crippen molar-refractivity contribution in [2.75, 3.05) is 0 Å². The van der Waals surface area contributed by atoms with Crippen LogP contribution in [-0.2, 0) is 36.4 Å². The van der Waals surface area contributed by atoms with E-state index in [9.17, 15) is 0 Å². The third-order valence-electron chi connectivity index (χ3n) is 12.1. The van der Waals surface area contributed by atoms with E-state index in [2.05, 4.69) is 169 Å². The van der Waals surface area contributed by atoms with E-state index >= 15 is 0 Å². The molecule has 0 aromatic heterocycles. The molecule has 0 aliphatic heterocycles. The summed E-state index contributed by atoms with van der Waals surface area (Å²) in [5, 5.41) is 0. The number of allylic oxidation sites excluding steroid dienone is 2. The minimum absolute atomic E-state index is 0.526. The first-order chi connectivity index (χ1) is 22.8. The van der Waals surface area contributed by atoms with Gasteiger partial charge in [0.2, 0.25) is 0 Å². The Kier molecular flexibility index (Phi) is 8.87. The summed E-state index contributed by atoms with van der Waals surface area (Å²) in [5.74, 6) is 0. The van der Waals surface area contributed by atoms with Gasteiger partial charge in [0.05, 0.1) is 0 Å². The first kappa shape index (κ1) is 32.2. The molecule has 7 rings (SSSR count). The molecule has 236 valence electrons. The number of rotatable bonds is 9. The van der Waals surface area contributed by atoms with Crippen molar-refractivity contribution in [1.82, 2.24) is 0 Å². The average molecular weight is 795 g/mol. The molecule has 0 saturated carbocycles. The van der Waals surface area contributed by atoms with Gasteiger partial charge in [-0.25, -0.2) is 0 Å². The monoisotopic (exact) mass is 796 g/mol. The Morgan fingerprint density at radius 2 is 0.979 bits per heavy atom. The zero-order chi connectivity index (χ0) is 32.6. The van der Waals surface area contributed by atoms with Crippen LogP contribution in [0.1, 0.15) is 60.1 Å². The van der Waals surface area contributed by atoms with Crippen molar-refractivity contribution in [3.63, 3.8) is 0 Å². The van der Waals surface area contributed by atoms with Crippen molar-refractivity contribution in [2.24, 2.45) is 0 Å². The minimum atomic E-state index is -3.96. The molecule has 0 radical (unpaired) electrons. The van der Waals surface area contributed by atoms with Crippen LogP contribution in [-0.4, -0.2) is 5.49 Å². The SMILES string of the molecule is CCc1ccccc1-c1cccc2c1C=C[CH]2[Hf]([CH3])([CH3])([CH]1C=Cc2c(-c3ccccc3CC)cccc21)=[Si](C)CCc1ccccc1. The molecule has 0 heterocycles. The third kappa shape index (κ3) is 5.46. The summed E-state index contributed by atoms with van der Waals surface area (Å²) in [5.41, 5.74) is 15.4. The van der Waals surface area contributed by atoms with Gasteiger partial charge < -0.3 is 0 Å². The number of benzene rings is 5. The maximum absolute atomic E-state index is 3.96. The Bertz CT molecular complexity index is 1970. The first-order valence-corrected chi connectivity index (χ1v) is 36.6. The quantitative estimate of drug-likeness (QED) is 0.130. The van der Waals surface area contributed by atoms with Crippen LogP contribution in [0.3, 0.4) is 0 Å². The van der Waals surface area contributed by atoms with E-state index in [1.54, 1.807) is 11.1 Å². The second kappa shape index (κ2) is 12.9. The Morgan fingerprint density at radius 1 is 0.532 bits per heavy atom. The molecule has 0 bridgehead atoms. The predicted molar refractivity (Wildman–Crippen MR) is 204 cm³/mol. The Labute approximate surface area is 284 Å². The molecule has 0 fully saturated rings. The summed E-state index contributed by atoms with van der Waals surface area (Å²) in [6, 6.07) is 45.0. The molecule has 0 saturated heterocycles. The second-order valence-electron chi connectivity index (χ2n) is 14.7. The van der Waals surface area contributed by atoms with Gasteiger partial charge in [0, 0.05) is 0 Å². The van der Waals surface area contributed by atoms with Crippen molar-refractivity contribution in [1.29, 1.82) is 0 Å². The van der Waals surface area contributed by atoms with Crippen molar-refractivity contribution >= 4 is 17.6 Å². The van der Waals surface area contributed by atoms with Gasteiger partial charge in [-0.1, -0.05) is 0 Å². The fourth-order valence-electron chi connectivity index (χ4n) is 8.97. The summed E-state index contributed by atoms with van der Waals surface area (Å²) in [6.07, 6.45) is 13.7. The Morgan fingerprint density at radius 3 is 1.47 bits per heavy atom. The van der Waals surface area contributed by atoms with Crippen LogP contribution in [0, 0.1) is 0 Å². The van der Waals surface area contributed by atoms with E-state index in [0.29, 0.717) is 7.35 Å². The van der Waals surface area contributed by atoms with Gasteiger partial charge in [0.15, 0.2) is 0 Å². The molecule has 0 spiro atoms. The summed E-state index contributed by atoms with van der Waals surface area (Å²) in [6.45, 7) is 7.30. The normalized spacial score (nSPS) is 16.7. The molecular weight excluding hydrogens is 747 g/mol. The molecular formula is C45H48HfSi. The van der Waals surface area contributed by atoms with Crippen LogP contribution in [0.15, 0.2) is 127 Å². The fourth-order valence-corrected chi connectivity index (χ4v) is 51.9. The second-order valence-corrected chi connectivity index (χ2v) is 62.1. The first-order valence-electron chi connectivity index (χ1n) is 17.7. The van der Waals surface area contributed by atoms with E-state index in [-0.39, 0.29) is 0 Å². The Balaban J connectivity index is 1.42. The molecule has 5 aromatic carbocycles. The number of hydrogen-bond acceptors (Lipinski definition) is 0. The van der Waals surface area contributed by atoms with Gasteiger partial charge in [-0.05, 0) is 0 Å². The summed E-state index contributed by atoms with van der Waals surface area (Å²) in [7, 11) is 0. The van der Waals surface area contributed by atoms with Gasteiger partial charge in [0.25, 0.3) is 0 Å². The molecule has 0 nitrogen and oxygen atoms in total. The van der Waals surface area contributed by atoms with Crippen molar-refractivity contribution in [2.45, 2.75) is 62.4 Å². The van der Waals surface area contributed by atoms with Crippen molar-refractivity contribution < 1.29 is 17.1 Å². The van der Waals surface area contributed by atoms with Crippen LogP contribution in [0.4, 0.5) is 0 Å². The molecule has 2 aliphatic carbocycles. The van der Waals surface area contributed by atoms with E-state index in [1.165, 1.54) is 62.5 Å². The molecule has 2 heteroatoms. The molecule has 47 heavy (non-hydrogen) atoms. The predicted octanol–water partition coefficient (Wildman–Crippen LogP) is 12.6. The number of hydrogen-bond donors (Lipinski definition) is 0. The summed E-state index contributed by atoms with van der Waals surface area (Å²) < 4.78 is 6.81.